The molecule has 2 aromatic rings. The summed E-state index contributed by atoms with van der Waals surface area (Å²) in [5.74, 6) is -0.0637. The molecule has 0 radical (unpaired) electrons. The van der Waals surface area contributed by atoms with Gasteiger partial charge in [0.1, 0.15) is 5.69 Å². The van der Waals surface area contributed by atoms with Gasteiger partial charge in [0.25, 0.3) is 0 Å². The van der Waals surface area contributed by atoms with E-state index in [0.717, 1.165) is 10.0 Å². The Balaban J connectivity index is 2.37. The van der Waals surface area contributed by atoms with Crippen LogP contribution in [-0.2, 0) is 11.3 Å². The molecule has 0 fully saturated rings. The first-order valence-electron chi connectivity index (χ1n) is 6.05. The summed E-state index contributed by atoms with van der Waals surface area (Å²) in [6.45, 7) is 3.03. The minimum atomic E-state index is -0.0637. The van der Waals surface area contributed by atoms with Crippen LogP contribution in [0.15, 0.2) is 33.3 Å². The van der Waals surface area contributed by atoms with Crippen molar-refractivity contribution in [3.05, 3.63) is 50.2 Å². The summed E-state index contributed by atoms with van der Waals surface area (Å²) in [6, 6.07) is 5.57. The third-order valence-corrected chi connectivity index (χ3v) is 4.39. The lowest BCUT2D eigenvalue weighted by molar-refractivity contribution is 0.102. The largest absolute Gasteiger partial charge is 0.383 e. The highest BCUT2D eigenvalue weighted by Crippen LogP contribution is 2.23. The van der Waals surface area contributed by atoms with Crippen LogP contribution in [0.5, 0.6) is 0 Å². The molecule has 1 aromatic carbocycles. The Labute approximate surface area is 134 Å². The molecule has 1 aromatic heterocycles. The van der Waals surface area contributed by atoms with Crippen LogP contribution in [0.25, 0.3) is 0 Å². The topological polar surface area (TPSA) is 44.1 Å². The third-order valence-electron chi connectivity index (χ3n) is 2.95. The van der Waals surface area contributed by atoms with Crippen LogP contribution in [0.1, 0.15) is 21.6 Å². The van der Waals surface area contributed by atoms with Gasteiger partial charge in [-0.1, -0.05) is 28.1 Å². The summed E-state index contributed by atoms with van der Waals surface area (Å²) in [4.78, 5) is 12.6. The highest BCUT2D eigenvalue weighted by Gasteiger charge is 2.19. The minimum Gasteiger partial charge on any atom is -0.383 e. The molecule has 20 heavy (non-hydrogen) atoms. The van der Waals surface area contributed by atoms with Gasteiger partial charge < -0.3 is 4.74 Å². The maximum atomic E-state index is 12.6. The van der Waals surface area contributed by atoms with Gasteiger partial charge in [-0.05, 0) is 34.5 Å². The number of halogens is 2. The number of hydrogen-bond acceptors (Lipinski definition) is 3. The van der Waals surface area contributed by atoms with E-state index in [1.165, 1.54) is 0 Å². The van der Waals surface area contributed by atoms with Gasteiger partial charge in [-0.25, -0.2) is 0 Å². The molecule has 2 rings (SSSR count). The first-order chi connectivity index (χ1) is 9.54. The zero-order valence-corrected chi connectivity index (χ0v) is 14.4. The summed E-state index contributed by atoms with van der Waals surface area (Å²) >= 11 is 6.83. The number of rotatable bonds is 5. The van der Waals surface area contributed by atoms with Crippen LogP contribution < -0.4 is 0 Å². The molecular weight excluding hydrogens is 388 g/mol. The molecule has 6 heteroatoms. The SMILES string of the molecule is COCCn1ncc(Br)c1C(=O)c1ccc(C)c(Br)c1. The zero-order chi connectivity index (χ0) is 14.7. The summed E-state index contributed by atoms with van der Waals surface area (Å²) in [6.07, 6.45) is 1.63. The van der Waals surface area contributed by atoms with Gasteiger partial charge in [0.15, 0.2) is 0 Å². The Hall–Kier alpha value is -0.980. The normalized spacial score (nSPS) is 10.8. The third kappa shape index (κ3) is 3.19. The second kappa shape index (κ2) is 6.65. The average molecular weight is 402 g/mol. The fourth-order valence-corrected chi connectivity index (χ4v) is 2.66. The van der Waals surface area contributed by atoms with Crippen LogP contribution in [0.2, 0.25) is 0 Å². The molecule has 0 unspecified atom stereocenters. The van der Waals surface area contributed by atoms with E-state index in [-0.39, 0.29) is 5.78 Å². The zero-order valence-electron chi connectivity index (χ0n) is 11.2. The molecule has 0 aliphatic carbocycles. The Morgan fingerprint density at radius 3 is 2.75 bits per heavy atom. The molecule has 1 heterocycles. The fraction of sp³-hybridized carbons (Fsp3) is 0.286. The molecule has 0 bridgehead atoms. The number of nitrogens with zero attached hydrogens (tertiary/aromatic N) is 2. The standard InChI is InChI=1S/C14H14Br2N2O2/c1-9-3-4-10(7-11(9)15)14(19)13-12(16)8-17-18(13)5-6-20-2/h3-4,7-8H,5-6H2,1-2H3. The minimum absolute atomic E-state index is 0.0637. The second-order valence-corrected chi connectivity index (χ2v) is 6.06. The summed E-state index contributed by atoms with van der Waals surface area (Å²) in [5, 5.41) is 4.20. The van der Waals surface area contributed by atoms with Crippen LogP contribution in [0, 0.1) is 6.92 Å². The molecule has 4 nitrogen and oxygen atoms in total. The number of benzene rings is 1. The van der Waals surface area contributed by atoms with Crippen LogP contribution in [0.3, 0.4) is 0 Å². The lowest BCUT2D eigenvalue weighted by atomic mass is 10.1. The highest BCUT2D eigenvalue weighted by molar-refractivity contribution is 9.10. The molecule has 0 spiro atoms. The molecular formula is C14H14Br2N2O2. The van der Waals surface area contributed by atoms with Gasteiger partial charge in [0, 0.05) is 17.1 Å². The van der Waals surface area contributed by atoms with Crippen molar-refractivity contribution in [1.82, 2.24) is 9.78 Å². The predicted molar refractivity (Wildman–Crippen MR) is 84.1 cm³/mol. The van der Waals surface area contributed by atoms with E-state index in [2.05, 4.69) is 37.0 Å². The molecule has 0 aliphatic rings. The van der Waals surface area contributed by atoms with E-state index in [0.29, 0.717) is 28.9 Å². The molecule has 106 valence electrons. The summed E-state index contributed by atoms with van der Waals surface area (Å²) in [5.41, 5.74) is 2.26. The van der Waals surface area contributed by atoms with Gasteiger partial charge in [-0.3, -0.25) is 9.48 Å². The number of aryl methyl sites for hydroxylation is 1. The van der Waals surface area contributed by atoms with Crippen molar-refractivity contribution in [1.29, 1.82) is 0 Å². The Morgan fingerprint density at radius 1 is 1.35 bits per heavy atom. The van der Waals surface area contributed by atoms with Gasteiger partial charge >= 0.3 is 0 Å². The smallest absolute Gasteiger partial charge is 0.212 e. The summed E-state index contributed by atoms with van der Waals surface area (Å²) < 4.78 is 8.30. The van der Waals surface area contributed by atoms with Gasteiger partial charge in [-0.2, -0.15) is 5.10 Å². The van der Waals surface area contributed by atoms with Crippen LogP contribution >= 0.6 is 31.9 Å². The number of ketones is 1. The van der Waals surface area contributed by atoms with Crippen molar-refractivity contribution in [2.24, 2.45) is 0 Å². The van der Waals surface area contributed by atoms with E-state index in [4.69, 9.17) is 4.74 Å². The predicted octanol–water partition coefficient (Wildman–Crippen LogP) is 3.59. The van der Waals surface area contributed by atoms with Gasteiger partial charge in [0.05, 0.1) is 23.8 Å². The van der Waals surface area contributed by atoms with Crippen molar-refractivity contribution >= 4 is 37.6 Å². The van der Waals surface area contributed by atoms with E-state index in [9.17, 15) is 4.79 Å². The van der Waals surface area contributed by atoms with E-state index in [1.807, 2.05) is 25.1 Å². The number of methoxy groups -OCH3 is 1. The quantitative estimate of drug-likeness (QED) is 0.719. The van der Waals surface area contributed by atoms with Crippen LogP contribution in [-0.4, -0.2) is 29.3 Å². The molecule has 0 amide bonds. The molecule has 0 saturated heterocycles. The lowest BCUT2D eigenvalue weighted by Gasteiger charge is -2.08. The number of ether oxygens (including phenoxy) is 1. The van der Waals surface area contributed by atoms with E-state index < -0.39 is 0 Å². The number of aromatic nitrogens is 2. The highest BCUT2D eigenvalue weighted by atomic mass is 79.9. The van der Waals surface area contributed by atoms with Crippen molar-refractivity contribution in [2.75, 3.05) is 13.7 Å². The molecule has 0 atom stereocenters. The van der Waals surface area contributed by atoms with Gasteiger partial charge in [0.2, 0.25) is 5.78 Å². The van der Waals surface area contributed by atoms with Crippen molar-refractivity contribution < 1.29 is 9.53 Å². The number of hydrogen-bond donors (Lipinski definition) is 0. The summed E-state index contributed by atoms with van der Waals surface area (Å²) in [7, 11) is 1.62. The molecule has 0 saturated carbocycles. The van der Waals surface area contributed by atoms with Crippen molar-refractivity contribution in [3.63, 3.8) is 0 Å². The maximum Gasteiger partial charge on any atom is 0.212 e. The van der Waals surface area contributed by atoms with Crippen LogP contribution in [0.4, 0.5) is 0 Å². The Kier molecular flexibility index (Phi) is 5.12. The first kappa shape index (κ1) is 15.4. The van der Waals surface area contributed by atoms with E-state index in [1.54, 1.807) is 18.0 Å². The first-order valence-corrected chi connectivity index (χ1v) is 7.64. The number of carbonyl (C=O) groups is 1. The fourth-order valence-electron chi connectivity index (χ4n) is 1.81. The monoisotopic (exact) mass is 400 g/mol. The molecule has 0 aliphatic heterocycles. The van der Waals surface area contributed by atoms with Crippen molar-refractivity contribution in [2.45, 2.75) is 13.5 Å². The number of carbonyl (C=O) groups excluding carboxylic acids is 1. The molecule has 0 N–H and O–H groups in total. The Morgan fingerprint density at radius 2 is 2.10 bits per heavy atom. The van der Waals surface area contributed by atoms with Crippen molar-refractivity contribution in [3.8, 4) is 0 Å². The van der Waals surface area contributed by atoms with E-state index >= 15 is 0 Å². The lowest BCUT2D eigenvalue weighted by Crippen LogP contribution is -2.15. The Bertz CT molecular complexity index is 638. The second-order valence-electron chi connectivity index (χ2n) is 4.35. The average Bonchev–Trinajstić information content (AvgIpc) is 2.80. The maximum absolute atomic E-state index is 12.6. The van der Waals surface area contributed by atoms with Gasteiger partial charge in [-0.15, -0.1) is 0 Å².